The van der Waals surface area contributed by atoms with Crippen LogP contribution in [0, 0.1) is 23.6 Å². The second-order valence-electron chi connectivity index (χ2n) is 11.5. The lowest BCUT2D eigenvalue weighted by Gasteiger charge is -2.47. The zero-order chi connectivity index (χ0) is 25.6. The standard InChI is InChI=1S/C31H35FN6/c1-19-20-5-7-22(8-6-20)29(19)36-28-16-27(21-9-11-24(12-10-21)38-13-3-2-4-14-38)35-31(37-28)26-18-34-30-25(26)15-23(32)17-33-30/h9-12,15-20,22,29H,2-8,13-14H2,1H3,(H,33,34)(H,35,36,37). The van der Waals surface area contributed by atoms with Crippen LogP contribution in [0.2, 0.25) is 0 Å². The second kappa shape index (κ2) is 9.68. The summed E-state index contributed by atoms with van der Waals surface area (Å²) in [7, 11) is 0. The molecule has 1 aromatic carbocycles. The van der Waals surface area contributed by atoms with E-state index in [0.717, 1.165) is 41.6 Å². The number of rotatable bonds is 5. The van der Waals surface area contributed by atoms with Crippen molar-refractivity contribution < 1.29 is 4.39 Å². The lowest BCUT2D eigenvalue weighted by atomic mass is 9.62. The number of hydrogen-bond donors (Lipinski definition) is 2. The molecule has 4 aromatic rings. The maximum Gasteiger partial charge on any atom is 0.164 e. The molecular formula is C31H35FN6. The topological polar surface area (TPSA) is 69.7 Å². The molecule has 0 spiro atoms. The van der Waals surface area contributed by atoms with E-state index >= 15 is 0 Å². The third-order valence-electron chi connectivity index (χ3n) is 9.30. The van der Waals surface area contributed by atoms with Crippen molar-refractivity contribution in [3.63, 3.8) is 0 Å². The summed E-state index contributed by atoms with van der Waals surface area (Å²) >= 11 is 0. The van der Waals surface area contributed by atoms with E-state index in [2.05, 4.69) is 57.4 Å². The van der Waals surface area contributed by atoms with Gasteiger partial charge in [-0.3, -0.25) is 0 Å². The van der Waals surface area contributed by atoms with Crippen molar-refractivity contribution in [1.29, 1.82) is 0 Å². The number of piperidine rings is 1. The molecule has 0 amide bonds. The minimum atomic E-state index is -0.367. The van der Waals surface area contributed by atoms with Gasteiger partial charge in [0.15, 0.2) is 5.82 Å². The smallest absolute Gasteiger partial charge is 0.164 e. The van der Waals surface area contributed by atoms with E-state index in [9.17, 15) is 4.39 Å². The van der Waals surface area contributed by atoms with Crippen LogP contribution in [0.25, 0.3) is 33.7 Å². The number of H-pyrrole nitrogens is 1. The van der Waals surface area contributed by atoms with Crippen LogP contribution in [0.1, 0.15) is 51.9 Å². The Morgan fingerprint density at radius 3 is 2.47 bits per heavy atom. The Labute approximate surface area is 223 Å². The highest BCUT2D eigenvalue weighted by Gasteiger charge is 2.41. The summed E-state index contributed by atoms with van der Waals surface area (Å²) in [6, 6.07) is 12.8. The Hall–Kier alpha value is -3.48. The van der Waals surface area contributed by atoms with Crippen molar-refractivity contribution in [3.05, 3.63) is 54.6 Å². The van der Waals surface area contributed by atoms with E-state index in [1.165, 1.54) is 62.9 Å². The number of nitrogens with zero attached hydrogens (tertiary/aromatic N) is 4. The molecule has 38 heavy (non-hydrogen) atoms. The summed E-state index contributed by atoms with van der Waals surface area (Å²) in [6.07, 6.45) is 12.2. The minimum absolute atomic E-state index is 0.367. The summed E-state index contributed by atoms with van der Waals surface area (Å²) in [4.78, 5) is 19.8. The van der Waals surface area contributed by atoms with E-state index in [1.54, 1.807) is 0 Å². The zero-order valence-electron chi connectivity index (χ0n) is 22.0. The first-order valence-corrected chi connectivity index (χ1v) is 14.3. The van der Waals surface area contributed by atoms with Crippen molar-refractivity contribution in [1.82, 2.24) is 19.9 Å². The summed E-state index contributed by atoms with van der Waals surface area (Å²) < 4.78 is 14.1. The largest absolute Gasteiger partial charge is 0.372 e. The van der Waals surface area contributed by atoms with Crippen LogP contribution >= 0.6 is 0 Å². The number of fused-ring (bicyclic) bond motifs is 4. The highest BCUT2D eigenvalue weighted by Crippen LogP contribution is 2.46. The summed E-state index contributed by atoms with van der Waals surface area (Å²) in [5.41, 5.74) is 4.59. The van der Waals surface area contributed by atoms with E-state index < -0.39 is 0 Å². The third-order valence-corrected chi connectivity index (χ3v) is 9.30. The van der Waals surface area contributed by atoms with Crippen LogP contribution < -0.4 is 10.2 Å². The predicted molar refractivity (Wildman–Crippen MR) is 151 cm³/mol. The van der Waals surface area contributed by atoms with Gasteiger partial charge in [-0.15, -0.1) is 0 Å². The molecule has 3 aliphatic carbocycles. The molecule has 7 heteroatoms. The van der Waals surface area contributed by atoms with Crippen LogP contribution in [0.3, 0.4) is 0 Å². The molecule has 0 radical (unpaired) electrons. The van der Waals surface area contributed by atoms with Gasteiger partial charge in [-0.05, 0) is 80.9 Å². The molecule has 1 aliphatic heterocycles. The number of pyridine rings is 1. The molecule has 1 saturated heterocycles. The molecule has 3 saturated carbocycles. The second-order valence-corrected chi connectivity index (χ2v) is 11.5. The number of halogens is 1. The van der Waals surface area contributed by atoms with Gasteiger partial charge in [0.1, 0.15) is 17.3 Å². The Bertz CT molecular complexity index is 1430. The van der Waals surface area contributed by atoms with Gasteiger partial charge in [-0.25, -0.2) is 19.3 Å². The molecule has 3 aromatic heterocycles. The van der Waals surface area contributed by atoms with Crippen LogP contribution in [-0.2, 0) is 0 Å². The van der Waals surface area contributed by atoms with Crippen molar-refractivity contribution in [3.8, 4) is 22.6 Å². The maximum atomic E-state index is 14.1. The van der Waals surface area contributed by atoms with Crippen LogP contribution in [-0.4, -0.2) is 39.1 Å². The molecule has 4 heterocycles. The lowest BCUT2D eigenvalue weighted by Crippen LogP contribution is -2.47. The average Bonchev–Trinajstić information content (AvgIpc) is 3.39. The number of benzene rings is 1. The molecule has 4 aliphatic rings. The predicted octanol–water partition coefficient (Wildman–Crippen LogP) is 7.05. The first-order chi connectivity index (χ1) is 18.6. The summed E-state index contributed by atoms with van der Waals surface area (Å²) in [6.45, 7) is 4.64. The van der Waals surface area contributed by atoms with Gasteiger partial charge in [0.25, 0.3) is 0 Å². The van der Waals surface area contributed by atoms with E-state index in [0.29, 0.717) is 34.7 Å². The number of aromatic nitrogens is 4. The molecule has 8 rings (SSSR count). The highest BCUT2D eigenvalue weighted by molar-refractivity contribution is 5.92. The minimum Gasteiger partial charge on any atom is -0.372 e. The average molecular weight is 511 g/mol. The lowest BCUT2D eigenvalue weighted by molar-refractivity contribution is 0.0928. The van der Waals surface area contributed by atoms with Gasteiger partial charge in [0.2, 0.25) is 0 Å². The SMILES string of the molecule is CC1C2CCC(CC2)C1Nc1cc(-c2ccc(N3CCCCC3)cc2)nc(-c2c[nH]c3ncc(F)cc23)n1. The fourth-order valence-electron chi connectivity index (χ4n) is 7.12. The van der Waals surface area contributed by atoms with E-state index in [-0.39, 0.29) is 5.82 Å². The van der Waals surface area contributed by atoms with Crippen LogP contribution in [0.4, 0.5) is 15.9 Å². The molecular weight excluding hydrogens is 475 g/mol. The van der Waals surface area contributed by atoms with Crippen LogP contribution in [0.15, 0.2) is 48.8 Å². The maximum absolute atomic E-state index is 14.1. The van der Waals surface area contributed by atoms with Gasteiger partial charge in [0.05, 0.1) is 11.9 Å². The number of aromatic amines is 1. The van der Waals surface area contributed by atoms with Gasteiger partial charge >= 0.3 is 0 Å². The van der Waals surface area contributed by atoms with E-state index in [4.69, 9.17) is 9.97 Å². The molecule has 4 fully saturated rings. The van der Waals surface area contributed by atoms with Crippen molar-refractivity contribution >= 4 is 22.5 Å². The monoisotopic (exact) mass is 510 g/mol. The fraction of sp³-hybridized carbons (Fsp3) is 0.452. The first-order valence-electron chi connectivity index (χ1n) is 14.3. The Morgan fingerprint density at radius 1 is 0.947 bits per heavy atom. The van der Waals surface area contributed by atoms with Gasteiger partial charge in [-0.1, -0.05) is 19.1 Å². The molecule has 2 bridgehead atoms. The Balaban J connectivity index is 1.28. The summed E-state index contributed by atoms with van der Waals surface area (Å²) in [5, 5.41) is 4.53. The molecule has 6 nitrogen and oxygen atoms in total. The third kappa shape index (κ3) is 4.32. The molecule has 2 N–H and O–H groups in total. The van der Waals surface area contributed by atoms with Crippen LogP contribution in [0.5, 0.6) is 0 Å². The quantitative estimate of drug-likeness (QED) is 0.301. The highest BCUT2D eigenvalue weighted by atomic mass is 19.1. The van der Waals surface area contributed by atoms with Gasteiger partial charge < -0.3 is 15.2 Å². The summed E-state index contributed by atoms with van der Waals surface area (Å²) in [5.74, 6) is 3.16. The van der Waals surface area contributed by atoms with Gasteiger partial charge in [0, 0.05) is 53.6 Å². The molecule has 2 atom stereocenters. The fourth-order valence-corrected chi connectivity index (χ4v) is 7.12. The zero-order valence-corrected chi connectivity index (χ0v) is 22.0. The molecule has 2 unspecified atom stereocenters. The first kappa shape index (κ1) is 23.6. The number of anilines is 2. The number of nitrogens with one attached hydrogen (secondary N) is 2. The normalized spacial score (nSPS) is 25.2. The van der Waals surface area contributed by atoms with Gasteiger partial charge in [-0.2, -0.15) is 0 Å². The number of hydrogen-bond acceptors (Lipinski definition) is 5. The van der Waals surface area contributed by atoms with Crippen molar-refractivity contribution in [2.45, 2.75) is 57.9 Å². The molecule has 196 valence electrons. The van der Waals surface area contributed by atoms with Crippen molar-refractivity contribution in [2.24, 2.45) is 17.8 Å². The van der Waals surface area contributed by atoms with Crippen molar-refractivity contribution in [2.75, 3.05) is 23.3 Å². The Kier molecular flexibility index (Phi) is 6.02. The van der Waals surface area contributed by atoms with E-state index in [1.807, 2.05) is 6.20 Å². The Morgan fingerprint density at radius 2 is 1.71 bits per heavy atom.